The number of aliphatic imine (C=N–C) groups is 1. The smallest absolute Gasteiger partial charge is 0.241 e. The third kappa shape index (κ3) is 2.50. The highest BCUT2D eigenvalue weighted by Crippen LogP contribution is 2.36. The number of rotatable bonds is 3. The Morgan fingerprint density at radius 1 is 0.800 bits per heavy atom. The Kier molecular flexibility index (Phi) is 3.53. The molecule has 1 aliphatic rings. The average molecular weight is 391 g/mol. The first kappa shape index (κ1) is 16.3. The molecule has 9 heteroatoms. The molecule has 30 heavy (non-hydrogen) atoms. The van der Waals surface area contributed by atoms with E-state index < -0.39 is 0 Å². The van der Waals surface area contributed by atoms with E-state index in [9.17, 15) is 0 Å². The predicted molar refractivity (Wildman–Crippen MR) is 112 cm³/mol. The van der Waals surface area contributed by atoms with Crippen LogP contribution in [-0.4, -0.2) is 44.8 Å². The van der Waals surface area contributed by atoms with E-state index in [-0.39, 0.29) is 0 Å². The number of hydrogen-bond acceptors (Lipinski definition) is 6. The highest BCUT2D eigenvalue weighted by Gasteiger charge is 2.20. The number of aromatic nitrogens is 8. The SMILES string of the molecule is C1=CC=Nc2c(n(-c3nc(-n4ccnc4)nc(-n4ccnc4)n3)c3ccccc23)C=1. The maximum Gasteiger partial charge on any atom is 0.241 e. The molecule has 5 heterocycles. The zero-order valence-electron chi connectivity index (χ0n) is 15.5. The third-order valence-corrected chi connectivity index (χ3v) is 4.75. The van der Waals surface area contributed by atoms with E-state index in [1.54, 1.807) is 58.9 Å². The van der Waals surface area contributed by atoms with Crippen LogP contribution in [0.2, 0.25) is 0 Å². The highest BCUT2D eigenvalue weighted by atomic mass is 15.3. The second kappa shape index (κ2) is 6.47. The Bertz CT molecular complexity index is 1410. The molecule has 0 saturated carbocycles. The van der Waals surface area contributed by atoms with Crippen molar-refractivity contribution in [2.24, 2.45) is 4.99 Å². The summed E-state index contributed by atoms with van der Waals surface area (Å²) in [6.07, 6.45) is 15.6. The van der Waals surface area contributed by atoms with Crippen LogP contribution in [0, 0.1) is 0 Å². The van der Waals surface area contributed by atoms with Crippen LogP contribution in [0.5, 0.6) is 0 Å². The number of para-hydroxylation sites is 1. The van der Waals surface area contributed by atoms with Gasteiger partial charge in [0.1, 0.15) is 12.7 Å². The third-order valence-electron chi connectivity index (χ3n) is 4.75. The summed E-state index contributed by atoms with van der Waals surface area (Å²) in [5.74, 6) is 1.36. The Morgan fingerprint density at radius 2 is 1.50 bits per heavy atom. The van der Waals surface area contributed by atoms with Crippen molar-refractivity contribution in [1.82, 2.24) is 38.6 Å². The Labute approximate surface area is 170 Å². The van der Waals surface area contributed by atoms with Gasteiger partial charge in [-0.3, -0.25) is 18.7 Å². The quantitative estimate of drug-likeness (QED) is 0.441. The van der Waals surface area contributed by atoms with Gasteiger partial charge in [0.05, 0.1) is 16.9 Å². The second-order valence-corrected chi connectivity index (χ2v) is 6.52. The summed E-state index contributed by atoms with van der Waals surface area (Å²) in [5.41, 5.74) is 5.78. The van der Waals surface area contributed by atoms with Crippen molar-refractivity contribution < 1.29 is 0 Å². The van der Waals surface area contributed by atoms with Crippen molar-refractivity contribution in [3.05, 3.63) is 79.2 Å². The van der Waals surface area contributed by atoms with E-state index in [0.29, 0.717) is 17.8 Å². The fourth-order valence-electron chi connectivity index (χ4n) is 3.44. The summed E-state index contributed by atoms with van der Waals surface area (Å²) in [5, 5.41) is 1.01. The summed E-state index contributed by atoms with van der Waals surface area (Å²) in [7, 11) is 0. The normalized spacial score (nSPS) is 12.4. The second-order valence-electron chi connectivity index (χ2n) is 6.52. The number of allylic oxidation sites excluding steroid dienone is 1. The molecule has 0 aliphatic carbocycles. The van der Waals surface area contributed by atoms with Gasteiger partial charge in [0, 0.05) is 42.5 Å². The van der Waals surface area contributed by atoms with Crippen molar-refractivity contribution in [2.45, 2.75) is 0 Å². The number of fused-ring (bicyclic) bond motifs is 3. The van der Waals surface area contributed by atoms with E-state index in [1.807, 2.05) is 34.9 Å². The molecular formula is C21H13N9. The average Bonchev–Trinajstić information content (AvgIpc) is 3.52. The Balaban J connectivity index is 1.69. The van der Waals surface area contributed by atoms with E-state index in [2.05, 4.69) is 25.7 Å². The van der Waals surface area contributed by atoms with Gasteiger partial charge in [-0.25, -0.2) is 9.97 Å². The van der Waals surface area contributed by atoms with Crippen LogP contribution >= 0.6 is 0 Å². The van der Waals surface area contributed by atoms with Gasteiger partial charge in [-0.1, -0.05) is 18.2 Å². The van der Waals surface area contributed by atoms with Crippen molar-refractivity contribution in [1.29, 1.82) is 0 Å². The van der Waals surface area contributed by atoms with Gasteiger partial charge >= 0.3 is 0 Å². The molecule has 142 valence electrons. The molecule has 0 unspecified atom stereocenters. The van der Waals surface area contributed by atoms with Gasteiger partial charge < -0.3 is 0 Å². The lowest BCUT2D eigenvalue weighted by molar-refractivity contribution is 0.803. The molecule has 9 nitrogen and oxygen atoms in total. The first-order chi connectivity index (χ1) is 14.9. The van der Waals surface area contributed by atoms with Crippen LogP contribution in [0.15, 0.2) is 78.5 Å². The minimum absolute atomic E-state index is 0.448. The molecule has 5 aromatic rings. The number of benzene rings is 1. The van der Waals surface area contributed by atoms with Crippen LogP contribution in [0.1, 0.15) is 5.69 Å². The van der Waals surface area contributed by atoms with Crippen LogP contribution in [-0.2, 0) is 0 Å². The molecule has 0 saturated heterocycles. The van der Waals surface area contributed by atoms with Gasteiger partial charge in [0.15, 0.2) is 0 Å². The van der Waals surface area contributed by atoms with E-state index in [0.717, 1.165) is 22.3 Å². The van der Waals surface area contributed by atoms with Crippen molar-refractivity contribution in [2.75, 3.05) is 0 Å². The molecule has 0 radical (unpaired) electrons. The molecule has 1 aliphatic heterocycles. The first-order valence-corrected chi connectivity index (χ1v) is 9.20. The van der Waals surface area contributed by atoms with Crippen molar-refractivity contribution in [3.8, 4) is 17.8 Å². The summed E-state index contributed by atoms with van der Waals surface area (Å²) in [4.78, 5) is 26.9. The highest BCUT2D eigenvalue weighted by molar-refractivity contribution is 6.00. The minimum atomic E-state index is 0.448. The molecule has 0 spiro atoms. The Hall–Kier alpha value is -4.62. The van der Waals surface area contributed by atoms with Crippen LogP contribution in [0.4, 0.5) is 5.69 Å². The molecule has 1 aromatic carbocycles. The molecule has 4 aromatic heterocycles. The molecular weight excluding hydrogens is 378 g/mol. The van der Waals surface area contributed by atoms with E-state index in [4.69, 9.17) is 9.97 Å². The van der Waals surface area contributed by atoms with Gasteiger partial charge in [0.2, 0.25) is 17.8 Å². The summed E-state index contributed by atoms with van der Waals surface area (Å²) < 4.78 is 5.45. The maximum atomic E-state index is 4.74. The van der Waals surface area contributed by atoms with Crippen LogP contribution in [0.3, 0.4) is 0 Å². The standard InChI is InChI=1S/C21H13N9/c1-2-6-16-15(5-1)18-17(7-3-4-8-24-18)30(16)21-26-19(28-11-9-22-13-28)25-20(27-21)29-12-10-23-14-29/h1-2,4-14H. The topological polar surface area (TPSA) is 91.6 Å². The van der Waals surface area contributed by atoms with Crippen molar-refractivity contribution in [3.63, 3.8) is 0 Å². The molecule has 0 amide bonds. The van der Waals surface area contributed by atoms with Gasteiger partial charge in [-0.15, -0.1) is 5.73 Å². The Morgan fingerprint density at radius 3 is 2.20 bits per heavy atom. The molecule has 0 atom stereocenters. The zero-order valence-corrected chi connectivity index (χ0v) is 15.5. The van der Waals surface area contributed by atoms with E-state index >= 15 is 0 Å². The number of hydrogen-bond donors (Lipinski definition) is 0. The summed E-state index contributed by atoms with van der Waals surface area (Å²) in [6.45, 7) is 0. The van der Waals surface area contributed by atoms with Gasteiger partial charge in [0.25, 0.3) is 0 Å². The van der Waals surface area contributed by atoms with Gasteiger partial charge in [-0.05, 0) is 12.1 Å². The minimum Gasteiger partial charge on any atom is -0.275 e. The first-order valence-electron chi connectivity index (χ1n) is 9.20. The lowest BCUT2D eigenvalue weighted by atomic mass is 10.2. The maximum absolute atomic E-state index is 4.74. The number of nitrogens with zero attached hydrogens (tertiary/aromatic N) is 9. The van der Waals surface area contributed by atoms with Crippen molar-refractivity contribution >= 4 is 28.9 Å². The molecule has 6 rings (SSSR count). The summed E-state index contributed by atoms with van der Waals surface area (Å²) in [6, 6.07) is 8.03. The largest absolute Gasteiger partial charge is 0.275 e. The molecule has 0 fully saturated rings. The monoisotopic (exact) mass is 391 g/mol. The lowest BCUT2D eigenvalue weighted by Gasteiger charge is -2.11. The lowest BCUT2D eigenvalue weighted by Crippen LogP contribution is -2.12. The molecule has 0 bridgehead atoms. The number of imidazole rings is 2. The van der Waals surface area contributed by atoms with E-state index in [1.165, 1.54) is 0 Å². The van der Waals surface area contributed by atoms with Crippen LogP contribution in [0.25, 0.3) is 34.8 Å². The predicted octanol–water partition coefficient (Wildman–Crippen LogP) is 3.07. The summed E-state index contributed by atoms with van der Waals surface area (Å²) >= 11 is 0. The van der Waals surface area contributed by atoms with Crippen LogP contribution < -0.4 is 0 Å². The fraction of sp³-hybridized carbons (Fsp3) is 0. The fourth-order valence-corrected chi connectivity index (χ4v) is 3.44. The molecule has 0 N–H and O–H groups in total. The van der Waals surface area contributed by atoms with Gasteiger partial charge in [-0.2, -0.15) is 15.0 Å². The zero-order chi connectivity index (χ0) is 19.9.